The molecule has 1 aromatic carbocycles. The Morgan fingerprint density at radius 3 is 2.17 bits per heavy atom. The van der Waals surface area contributed by atoms with Gasteiger partial charge in [-0.05, 0) is 89.4 Å². The van der Waals surface area contributed by atoms with E-state index in [9.17, 15) is 19.2 Å². The Labute approximate surface area is 279 Å². The van der Waals surface area contributed by atoms with Crippen molar-refractivity contribution in [2.75, 3.05) is 20.8 Å². The Balaban J connectivity index is 0.000000672. The highest BCUT2D eigenvalue weighted by molar-refractivity contribution is 5.89. The fraction of sp³-hybridized carbons (Fsp3) is 0.667. The van der Waals surface area contributed by atoms with Crippen LogP contribution in [0, 0.1) is 17.8 Å². The van der Waals surface area contributed by atoms with Crippen LogP contribution < -0.4 is 5.73 Å². The third-order valence-electron chi connectivity index (χ3n) is 9.01. The van der Waals surface area contributed by atoms with E-state index in [-0.39, 0.29) is 48.0 Å². The Morgan fingerprint density at radius 1 is 1.04 bits per heavy atom. The fourth-order valence-electron chi connectivity index (χ4n) is 6.83. The van der Waals surface area contributed by atoms with Crippen LogP contribution in [-0.2, 0) is 44.5 Å². The number of Topliss-reactive ketones (excluding diaryl/α,β-unsaturated/α-hetero) is 1. The Bertz CT molecular complexity index is 1240. The van der Waals surface area contributed by atoms with Gasteiger partial charge >= 0.3 is 18.0 Å². The van der Waals surface area contributed by atoms with Crippen LogP contribution in [0.1, 0.15) is 86.1 Å². The second kappa shape index (κ2) is 17.8. The van der Waals surface area contributed by atoms with Crippen molar-refractivity contribution in [1.82, 2.24) is 0 Å². The van der Waals surface area contributed by atoms with E-state index in [4.69, 9.17) is 29.8 Å². The summed E-state index contributed by atoms with van der Waals surface area (Å²) in [6.45, 7) is 13.0. The first kappa shape index (κ1) is 39.9. The molecule has 11 nitrogen and oxygen atoms in total. The van der Waals surface area contributed by atoms with Crippen LogP contribution in [0.2, 0.25) is 0 Å². The maximum atomic E-state index is 13.9. The second-order valence-corrected chi connectivity index (χ2v) is 13.6. The van der Waals surface area contributed by atoms with Crippen molar-refractivity contribution >= 4 is 23.8 Å². The summed E-state index contributed by atoms with van der Waals surface area (Å²) in [6.07, 6.45) is 1.43. The third-order valence-corrected chi connectivity index (χ3v) is 9.01. The zero-order chi connectivity index (χ0) is 35.5. The first-order chi connectivity index (χ1) is 22.1. The molecule has 1 aliphatic heterocycles. The third kappa shape index (κ3) is 10.9. The molecule has 1 amide bonds. The van der Waals surface area contributed by atoms with Gasteiger partial charge in [-0.25, -0.2) is 4.79 Å². The van der Waals surface area contributed by atoms with Crippen LogP contribution in [0.5, 0.6) is 0 Å². The molecular formula is C36H55NO10. The van der Waals surface area contributed by atoms with Gasteiger partial charge in [-0.3, -0.25) is 14.4 Å². The van der Waals surface area contributed by atoms with Gasteiger partial charge in [0.15, 0.2) is 11.4 Å². The summed E-state index contributed by atoms with van der Waals surface area (Å²) in [5.41, 5.74) is 6.22. The molecule has 0 bridgehead atoms. The van der Waals surface area contributed by atoms with E-state index in [0.717, 1.165) is 23.8 Å². The number of carbonyl (C=O) groups is 4. The van der Waals surface area contributed by atoms with Crippen LogP contribution in [-0.4, -0.2) is 79.3 Å². The van der Waals surface area contributed by atoms with E-state index in [1.54, 1.807) is 27.9 Å². The van der Waals surface area contributed by atoms with Crippen LogP contribution >= 0.6 is 0 Å². The number of ketones is 1. The number of benzene rings is 1. The minimum Gasteiger partial charge on any atom is -0.458 e. The number of nitrogens with two attached hydrogens (primary N) is 1. The van der Waals surface area contributed by atoms with Crippen molar-refractivity contribution in [2.45, 2.75) is 117 Å². The number of ether oxygens (including phenoxy) is 5. The molecule has 0 spiro atoms. The standard InChI is InChI=1S/C30H40O7.C5H11NO2.CH4O/c1-18-15-24-23(12-13-26-30(24,17-35-26)37-21(4)31)28(33)29(34-5)20(3)19(2)25(16-18)36-27(32)14-11-22-9-7-6-8-10-22;1-5(2,3)8-4(6)7;1-2/h6-10,18,23-26,29H,11-17H2,1-5H3;1-3H3,(H2,6,7);2H,1H3/b20-19+;;/t18?,23?,24?,25-,26?,29?,30+;;/m0../s1. The van der Waals surface area contributed by atoms with Crippen molar-refractivity contribution in [3.63, 3.8) is 0 Å². The number of aliphatic hydroxyl groups is 1. The highest BCUT2D eigenvalue weighted by Crippen LogP contribution is 2.52. The van der Waals surface area contributed by atoms with Crippen molar-refractivity contribution in [3.05, 3.63) is 47.0 Å². The Morgan fingerprint density at radius 2 is 1.68 bits per heavy atom. The highest BCUT2D eigenvalue weighted by Gasteiger charge is 2.63. The average Bonchev–Trinajstić information content (AvgIpc) is 2.98. The fourth-order valence-corrected chi connectivity index (χ4v) is 6.83. The van der Waals surface area contributed by atoms with Gasteiger partial charge in [0.2, 0.25) is 0 Å². The number of aryl methyl sites for hydroxylation is 1. The molecule has 1 heterocycles. The molecule has 3 N–H and O–H groups in total. The summed E-state index contributed by atoms with van der Waals surface area (Å²) >= 11 is 0. The zero-order valence-corrected chi connectivity index (χ0v) is 29.5. The first-order valence-electron chi connectivity index (χ1n) is 16.3. The van der Waals surface area contributed by atoms with E-state index >= 15 is 0 Å². The number of aliphatic hydroxyl groups excluding tert-OH is 1. The monoisotopic (exact) mass is 661 g/mol. The number of methoxy groups -OCH3 is 1. The number of fused-ring (bicyclic) bond motifs is 3. The summed E-state index contributed by atoms with van der Waals surface area (Å²) in [6, 6.07) is 9.87. The van der Waals surface area contributed by atoms with Crippen molar-refractivity contribution in [3.8, 4) is 0 Å². The van der Waals surface area contributed by atoms with Gasteiger partial charge in [-0.1, -0.05) is 37.3 Å². The minimum absolute atomic E-state index is 0.00415. The predicted octanol–water partition coefficient (Wildman–Crippen LogP) is 5.10. The molecule has 2 fully saturated rings. The maximum absolute atomic E-state index is 13.9. The highest BCUT2D eigenvalue weighted by atomic mass is 16.6. The van der Waals surface area contributed by atoms with Gasteiger partial charge in [-0.2, -0.15) is 0 Å². The van der Waals surface area contributed by atoms with Crippen LogP contribution in [0.4, 0.5) is 4.79 Å². The van der Waals surface area contributed by atoms with Gasteiger partial charge in [-0.15, -0.1) is 0 Å². The minimum atomic E-state index is -0.787. The van der Waals surface area contributed by atoms with E-state index in [2.05, 4.69) is 11.7 Å². The first-order valence-corrected chi connectivity index (χ1v) is 16.3. The molecule has 264 valence electrons. The molecule has 2 aliphatic carbocycles. The van der Waals surface area contributed by atoms with Gasteiger partial charge in [0, 0.05) is 39.4 Å². The van der Waals surface area contributed by atoms with Crippen LogP contribution in [0.25, 0.3) is 0 Å². The summed E-state index contributed by atoms with van der Waals surface area (Å²) < 4.78 is 28.1. The average molecular weight is 662 g/mol. The largest absolute Gasteiger partial charge is 0.458 e. The summed E-state index contributed by atoms with van der Waals surface area (Å²) in [5, 5.41) is 7.00. The number of hydrogen-bond donors (Lipinski definition) is 2. The van der Waals surface area contributed by atoms with Gasteiger partial charge in [0.05, 0.1) is 6.61 Å². The quantitative estimate of drug-likeness (QED) is 0.239. The lowest BCUT2D eigenvalue weighted by Gasteiger charge is -2.58. The molecule has 1 aromatic rings. The summed E-state index contributed by atoms with van der Waals surface area (Å²) in [5.74, 6) is -0.953. The lowest BCUT2D eigenvalue weighted by molar-refractivity contribution is -0.295. The number of rotatable bonds is 6. The van der Waals surface area contributed by atoms with E-state index in [1.807, 2.05) is 44.2 Å². The van der Waals surface area contributed by atoms with E-state index in [0.29, 0.717) is 38.7 Å². The molecule has 5 unspecified atom stereocenters. The van der Waals surface area contributed by atoms with Crippen molar-refractivity contribution < 1.29 is 48.0 Å². The topological polar surface area (TPSA) is 161 Å². The molecule has 4 rings (SSSR count). The van der Waals surface area contributed by atoms with E-state index < -0.39 is 29.5 Å². The number of hydrogen-bond acceptors (Lipinski definition) is 10. The Kier molecular flexibility index (Phi) is 15.1. The molecule has 1 saturated heterocycles. The molecule has 3 aliphatic rings. The normalized spacial score (nSPS) is 30.3. The maximum Gasteiger partial charge on any atom is 0.405 e. The molecule has 0 aromatic heterocycles. The predicted molar refractivity (Wildman–Crippen MR) is 176 cm³/mol. The Hall–Kier alpha value is -3.28. The molecule has 7 atom stereocenters. The number of amides is 1. The van der Waals surface area contributed by atoms with Crippen molar-refractivity contribution in [1.29, 1.82) is 0 Å². The molecule has 0 radical (unpaired) electrons. The smallest absolute Gasteiger partial charge is 0.405 e. The number of esters is 2. The molecule has 1 saturated carbocycles. The molecular weight excluding hydrogens is 606 g/mol. The lowest BCUT2D eigenvalue weighted by atomic mass is 9.60. The molecule has 11 heteroatoms. The van der Waals surface area contributed by atoms with Crippen LogP contribution in [0.15, 0.2) is 41.5 Å². The van der Waals surface area contributed by atoms with Gasteiger partial charge < -0.3 is 34.5 Å². The summed E-state index contributed by atoms with van der Waals surface area (Å²) in [4.78, 5) is 49.0. The van der Waals surface area contributed by atoms with E-state index in [1.165, 1.54) is 6.92 Å². The SMILES string of the molecule is CC(C)(C)OC(N)=O.CO.COC1C(=O)C2CCC3OC[C@@]3(OC(C)=O)C2CC(C)C[C@H](OC(=O)CCc2ccccc2)/C(C)=C/1C. The number of carbonyl (C=O) groups excluding carboxylic acids is 4. The van der Waals surface area contributed by atoms with Crippen LogP contribution in [0.3, 0.4) is 0 Å². The number of primary amides is 1. The second-order valence-electron chi connectivity index (χ2n) is 13.6. The zero-order valence-electron chi connectivity index (χ0n) is 29.5. The molecule has 47 heavy (non-hydrogen) atoms. The summed E-state index contributed by atoms with van der Waals surface area (Å²) in [7, 11) is 2.55. The van der Waals surface area contributed by atoms with Gasteiger partial charge in [0.25, 0.3) is 0 Å². The van der Waals surface area contributed by atoms with Gasteiger partial charge in [0.1, 0.15) is 23.9 Å². The van der Waals surface area contributed by atoms with Crippen molar-refractivity contribution in [2.24, 2.45) is 23.5 Å². The lowest BCUT2D eigenvalue weighted by Crippen LogP contribution is -2.69.